The molecule has 3 aromatic rings. The Morgan fingerprint density at radius 2 is 1.93 bits per heavy atom. The van der Waals surface area contributed by atoms with Crippen molar-refractivity contribution in [3.05, 3.63) is 49.3 Å². The highest BCUT2D eigenvalue weighted by atomic mass is 35.5. The first-order valence-electron chi connectivity index (χ1n) is 12.6. The molecule has 15 heteroatoms. The first kappa shape index (κ1) is 31.5. The molecule has 0 fully saturated rings. The number of hydrogen-bond donors (Lipinski definition) is 3. The van der Waals surface area contributed by atoms with E-state index in [1.807, 2.05) is 14.1 Å². The molecule has 0 aliphatic carbocycles. The molecule has 3 heterocycles. The fourth-order valence-electron chi connectivity index (χ4n) is 3.49. The largest absolute Gasteiger partial charge is 0.479 e. The zero-order valence-corrected chi connectivity index (χ0v) is 25.1. The van der Waals surface area contributed by atoms with Crippen LogP contribution >= 0.6 is 11.8 Å². The highest BCUT2D eigenvalue weighted by molar-refractivity contribution is 7.92. The molecule has 0 saturated heterocycles. The average molecular weight is 604 g/mol. The number of halogens is 1. The molecule has 0 spiro atoms. The highest BCUT2D eigenvalue weighted by Gasteiger charge is 2.25. The van der Waals surface area contributed by atoms with Crippen molar-refractivity contribution in [3.63, 3.8) is 0 Å². The third kappa shape index (κ3) is 8.02. The summed E-state index contributed by atoms with van der Waals surface area (Å²) in [6.45, 7) is 8.12. The lowest BCUT2D eigenvalue weighted by atomic mass is 10.3. The molecule has 0 aliphatic heterocycles. The third-order valence-corrected chi connectivity index (χ3v) is 8.07. The van der Waals surface area contributed by atoms with Gasteiger partial charge in [0.15, 0.2) is 20.7 Å². The molecule has 0 aliphatic rings. The Bertz CT molecular complexity index is 1490. The number of hydrogen-bond acceptors (Lipinski definition) is 12. The Kier molecular flexibility index (Phi) is 10.8. The minimum absolute atomic E-state index is 0.0293. The summed E-state index contributed by atoms with van der Waals surface area (Å²) in [5.74, 6) is 0.385. The van der Waals surface area contributed by atoms with Gasteiger partial charge in [0.25, 0.3) is 0 Å². The van der Waals surface area contributed by atoms with Gasteiger partial charge in [-0.1, -0.05) is 6.58 Å². The molecule has 0 unspecified atom stereocenters. The molecule has 0 atom stereocenters. The van der Waals surface area contributed by atoms with E-state index in [-0.39, 0.29) is 34.0 Å². The fraction of sp³-hybridized carbons (Fsp3) is 0.346. The quantitative estimate of drug-likeness (QED) is 0.139. The molecule has 41 heavy (non-hydrogen) atoms. The number of carbonyl (C=O) groups excluding carboxylic acids is 1. The van der Waals surface area contributed by atoms with Crippen LogP contribution in [0.3, 0.4) is 0 Å². The van der Waals surface area contributed by atoms with Gasteiger partial charge in [-0.2, -0.15) is 9.97 Å². The molecular formula is C26H34ClN9O4S. The highest BCUT2D eigenvalue weighted by Crippen LogP contribution is 2.38. The van der Waals surface area contributed by atoms with Crippen LogP contribution in [-0.4, -0.2) is 78.7 Å². The van der Waals surface area contributed by atoms with Crippen molar-refractivity contribution >= 4 is 62.2 Å². The van der Waals surface area contributed by atoms with Crippen LogP contribution in [0.1, 0.15) is 20.3 Å². The van der Waals surface area contributed by atoms with E-state index in [1.54, 1.807) is 38.1 Å². The monoisotopic (exact) mass is 603 g/mol. The van der Waals surface area contributed by atoms with Gasteiger partial charge in [0, 0.05) is 30.7 Å². The minimum atomic E-state index is -3.67. The van der Waals surface area contributed by atoms with E-state index in [0.717, 1.165) is 23.5 Å². The smallest absolute Gasteiger partial charge is 0.247 e. The number of aromatic nitrogens is 4. The summed E-state index contributed by atoms with van der Waals surface area (Å²) in [6.07, 6.45) is 4.84. The molecule has 3 rings (SSSR count). The summed E-state index contributed by atoms with van der Waals surface area (Å²) < 4.78 is 32.2. The van der Waals surface area contributed by atoms with E-state index in [9.17, 15) is 13.2 Å². The predicted molar refractivity (Wildman–Crippen MR) is 161 cm³/mol. The number of nitrogens with zero attached hydrogens (tertiary/aromatic N) is 6. The SMILES string of the molecule is C=CC(=O)Nc1cc(N(Cl)c2nccc(Nc3cccnc3S(=O)(=O)C(C)C)n2)c(OC)nc1NCCCN(C)C. The summed E-state index contributed by atoms with van der Waals surface area (Å²) in [4.78, 5) is 31.5. The van der Waals surface area contributed by atoms with Gasteiger partial charge in [-0.05, 0) is 71.2 Å². The Hall–Kier alpha value is -4.01. The number of amides is 1. The summed E-state index contributed by atoms with van der Waals surface area (Å²) >= 11 is 6.69. The van der Waals surface area contributed by atoms with E-state index >= 15 is 0 Å². The standard InChI is InChI=1S/C26H34ClN9O4S/c1-7-22(37)32-19-16-20(24(40-6)34-23(19)28-13-9-15-35(4)5)36(27)26-30-14-11-21(33-26)31-18-10-8-12-29-25(18)41(38,39)17(2)3/h7-8,10-12,14,16-17H,1,9,13,15H2,2-6H3,(H,28,34)(H,32,37)(H,30,31,33). The van der Waals surface area contributed by atoms with E-state index in [0.29, 0.717) is 18.1 Å². The van der Waals surface area contributed by atoms with Crippen molar-refractivity contribution in [2.24, 2.45) is 0 Å². The molecular weight excluding hydrogens is 570 g/mol. The maximum atomic E-state index is 12.8. The van der Waals surface area contributed by atoms with Crippen molar-refractivity contribution in [1.29, 1.82) is 0 Å². The van der Waals surface area contributed by atoms with Crippen LogP contribution in [0, 0.1) is 0 Å². The maximum Gasteiger partial charge on any atom is 0.247 e. The zero-order chi connectivity index (χ0) is 30.2. The van der Waals surface area contributed by atoms with Crippen molar-refractivity contribution in [1.82, 2.24) is 24.8 Å². The first-order chi connectivity index (χ1) is 19.5. The van der Waals surface area contributed by atoms with Gasteiger partial charge in [0.05, 0.1) is 23.7 Å². The number of pyridine rings is 2. The fourth-order valence-corrected chi connectivity index (χ4v) is 4.77. The van der Waals surface area contributed by atoms with E-state index in [1.165, 1.54) is 19.5 Å². The number of ether oxygens (including phenoxy) is 1. The molecule has 0 radical (unpaired) electrons. The molecule has 0 saturated carbocycles. The van der Waals surface area contributed by atoms with Crippen molar-refractivity contribution in [2.45, 2.75) is 30.5 Å². The van der Waals surface area contributed by atoms with Crippen LogP contribution in [-0.2, 0) is 14.6 Å². The molecule has 3 aromatic heterocycles. The van der Waals surface area contributed by atoms with Crippen LogP contribution in [0.25, 0.3) is 0 Å². The topological polar surface area (TPSA) is 155 Å². The number of sulfone groups is 1. The lowest BCUT2D eigenvalue weighted by Gasteiger charge is -2.20. The Morgan fingerprint density at radius 1 is 1.17 bits per heavy atom. The lowest BCUT2D eigenvalue weighted by Crippen LogP contribution is -2.18. The summed E-state index contributed by atoms with van der Waals surface area (Å²) in [5, 5.41) is 8.17. The minimum Gasteiger partial charge on any atom is -0.479 e. The van der Waals surface area contributed by atoms with Crippen LogP contribution in [0.5, 0.6) is 5.88 Å². The van der Waals surface area contributed by atoms with Crippen LogP contribution in [0.15, 0.2) is 54.3 Å². The molecule has 13 nitrogen and oxygen atoms in total. The number of anilines is 6. The van der Waals surface area contributed by atoms with Crippen molar-refractivity contribution in [3.8, 4) is 5.88 Å². The Morgan fingerprint density at radius 3 is 2.59 bits per heavy atom. The maximum absolute atomic E-state index is 12.8. The molecule has 0 bridgehead atoms. The van der Waals surface area contributed by atoms with Gasteiger partial charge >= 0.3 is 0 Å². The van der Waals surface area contributed by atoms with Crippen LogP contribution < -0.4 is 25.1 Å². The molecule has 220 valence electrons. The second kappa shape index (κ2) is 14.1. The van der Waals surface area contributed by atoms with Crippen molar-refractivity contribution < 1.29 is 17.9 Å². The third-order valence-electron chi connectivity index (χ3n) is 5.63. The van der Waals surface area contributed by atoms with Crippen molar-refractivity contribution in [2.75, 3.05) is 54.7 Å². The first-order valence-corrected chi connectivity index (χ1v) is 14.5. The van der Waals surface area contributed by atoms with Gasteiger partial charge in [-0.15, -0.1) is 0 Å². The number of methoxy groups -OCH3 is 1. The molecule has 0 aromatic carbocycles. The van der Waals surface area contributed by atoms with Gasteiger partial charge in [0.2, 0.25) is 17.7 Å². The van der Waals surface area contributed by atoms with E-state index < -0.39 is 21.0 Å². The summed E-state index contributed by atoms with van der Waals surface area (Å²) in [5.41, 5.74) is 0.841. The zero-order valence-electron chi connectivity index (χ0n) is 23.5. The average Bonchev–Trinajstić information content (AvgIpc) is 2.95. The number of rotatable bonds is 14. The summed E-state index contributed by atoms with van der Waals surface area (Å²) in [7, 11) is 1.73. The normalized spacial score (nSPS) is 11.3. The summed E-state index contributed by atoms with van der Waals surface area (Å²) in [6, 6.07) is 6.34. The van der Waals surface area contributed by atoms with Gasteiger partial charge in [0.1, 0.15) is 11.5 Å². The van der Waals surface area contributed by atoms with E-state index in [2.05, 4.69) is 47.4 Å². The van der Waals surface area contributed by atoms with Crippen LogP contribution in [0.2, 0.25) is 0 Å². The van der Waals surface area contributed by atoms with E-state index in [4.69, 9.17) is 16.5 Å². The second-order valence-corrected chi connectivity index (χ2v) is 12.0. The predicted octanol–water partition coefficient (Wildman–Crippen LogP) is 3.98. The molecule has 1 amide bonds. The Labute approximate surface area is 245 Å². The van der Waals surface area contributed by atoms with Gasteiger partial charge in [-0.25, -0.2) is 22.8 Å². The molecule has 3 N–H and O–H groups in total. The number of carbonyl (C=O) groups is 1. The Balaban J connectivity index is 1.96. The van der Waals surface area contributed by atoms with Gasteiger partial charge in [-0.3, -0.25) is 4.79 Å². The van der Waals surface area contributed by atoms with Gasteiger partial charge < -0.3 is 25.6 Å². The van der Waals surface area contributed by atoms with Crippen LogP contribution in [0.4, 0.5) is 34.6 Å². The number of nitrogens with one attached hydrogen (secondary N) is 3. The lowest BCUT2D eigenvalue weighted by molar-refractivity contribution is -0.111. The second-order valence-electron chi connectivity index (χ2n) is 9.29.